The highest BCUT2D eigenvalue weighted by atomic mass is 19.4. The van der Waals surface area contributed by atoms with Crippen LogP contribution in [0.3, 0.4) is 0 Å². The van der Waals surface area contributed by atoms with E-state index in [-0.39, 0.29) is 12.2 Å². The van der Waals surface area contributed by atoms with Crippen LogP contribution in [0.4, 0.5) is 13.2 Å². The largest absolute Gasteiger partial charge is 0.497 e. The Morgan fingerprint density at radius 3 is 2.55 bits per heavy atom. The summed E-state index contributed by atoms with van der Waals surface area (Å²) in [6.07, 6.45) is -2.72. The number of aliphatic carboxylic acids is 1. The van der Waals surface area contributed by atoms with Crippen molar-refractivity contribution in [2.45, 2.75) is 44.7 Å². The van der Waals surface area contributed by atoms with Crippen molar-refractivity contribution in [3.05, 3.63) is 41.5 Å². The van der Waals surface area contributed by atoms with E-state index in [1.54, 1.807) is 7.11 Å². The number of fused-ring (bicyclic) bond motifs is 1. The Balaban J connectivity index is 0.000000339. The van der Waals surface area contributed by atoms with Gasteiger partial charge in [-0.3, -0.25) is 4.90 Å². The zero-order valence-electron chi connectivity index (χ0n) is 17.1. The summed E-state index contributed by atoms with van der Waals surface area (Å²) in [6, 6.07) is 8.29. The minimum atomic E-state index is -5.08. The van der Waals surface area contributed by atoms with Gasteiger partial charge in [-0.2, -0.15) is 18.2 Å². The van der Waals surface area contributed by atoms with Crippen molar-refractivity contribution < 1.29 is 37.1 Å². The average Bonchev–Trinajstić information content (AvgIpc) is 3.34. The third-order valence-electron chi connectivity index (χ3n) is 5.26. The molecule has 0 spiro atoms. The maximum Gasteiger partial charge on any atom is 0.490 e. The number of aromatic nitrogens is 2. The monoisotopic (exact) mass is 443 g/mol. The molecule has 31 heavy (non-hydrogen) atoms. The third kappa shape index (κ3) is 6.17. The predicted molar refractivity (Wildman–Crippen MR) is 101 cm³/mol. The number of ether oxygens (including phenoxy) is 2. The number of halogens is 3. The van der Waals surface area contributed by atoms with Crippen LogP contribution in [0, 0.1) is 12.8 Å². The SMILES string of the molecule is COc1ccc(CN2CC[C@H]3C[C@@H](c4nc(C)no4)O[C@@H]3C2)cc1.O=C(O)C(F)(F)F. The molecule has 0 unspecified atom stereocenters. The molecule has 170 valence electrons. The summed E-state index contributed by atoms with van der Waals surface area (Å²) in [4.78, 5) is 15.7. The number of nitrogens with zero attached hydrogens (tertiary/aromatic N) is 3. The number of carboxylic acids is 1. The lowest BCUT2D eigenvalue weighted by atomic mass is 9.91. The highest BCUT2D eigenvalue weighted by molar-refractivity contribution is 5.73. The number of carboxylic acid groups (broad SMARTS) is 1. The highest BCUT2D eigenvalue weighted by Gasteiger charge is 2.41. The quantitative estimate of drug-likeness (QED) is 0.768. The molecule has 1 aromatic heterocycles. The van der Waals surface area contributed by atoms with Gasteiger partial charge in [0.15, 0.2) is 5.82 Å². The van der Waals surface area contributed by atoms with Crippen LogP contribution in [-0.2, 0) is 16.1 Å². The zero-order valence-corrected chi connectivity index (χ0v) is 17.1. The smallest absolute Gasteiger partial charge is 0.490 e. The Kier molecular flexibility index (Phi) is 7.16. The maximum atomic E-state index is 10.6. The van der Waals surface area contributed by atoms with E-state index in [9.17, 15) is 13.2 Å². The van der Waals surface area contributed by atoms with Gasteiger partial charge in [-0.25, -0.2) is 4.79 Å². The van der Waals surface area contributed by atoms with Crippen molar-refractivity contribution in [2.75, 3.05) is 20.2 Å². The van der Waals surface area contributed by atoms with E-state index in [0.717, 1.165) is 38.2 Å². The molecule has 0 amide bonds. The molecule has 1 aromatic carbocycles. The van der Waals surface area contributed by atoms with E-state index in [4.69, 9.17) is 23.9 Å². The predicted octanol–water partition coefficient (Wildman–Crippen LogP) is 3.37. The molecule has 2 aromatic rings. The van der Waals surface area contributed by atoms with Gasteiger partial charge >= 0.3 is 12.1 Å². The number of carbonyl (C=O) groups is 1. The molecule has 0 bridgehead atoms. The molecular weight excluding hydrogens is 419 g/mol. The summed E-state index contributed by atoms with van der Waals surface area (Å²) in [5.74, 6) is 0.0318. The number of piperidine rings is 1. The Hall–Kier alpha value is -2.66. The van der Waals surface area contributed by atoms with E-state index in [1.807, 2.05) is 19.1 Å². The second kappa shape index (κ2) is 9.65. The first-order chi connectivity index (χ1) is 14.7. The van der Waals surface area contributed by atoms with E-state index in [0.29, 0.717) is 17.6 Å². The maximum absolute atomic E-state index is 10.6. The first-order valence-electron chi connectivity index (χ1n) is 9.76. The van der Waals surface area contributed by atoms with Crippen LogP contribution in [-0.4, -0.2) is 58.6 Å². The number of hydrogen-bond donors (Lipinski definition) is 1. The van der Waals surface area contributed by atoms with Gasteiger partial charge < -0.3 is 19.1 Å². The summed E-state index contributed by atoms with van der Waals surface area (Å²) in [7, 11) is 1.69. The van der Waals surface area contributed by atoms with Gasteiger partial charge in [0.05, 0.1) is 13.2 Å². The van der Waals surface area contributed by atoms with Gasteiger partial charge in [-0.1, -0.05) is 17.3 Å². The molecule has 4 rings (SSSR count). The summed E-state index contributed by atoms with van der Waals surface area (Å²) in [5, 5.41) is 11.0. The van der Waals surface area contributed by atoms with E-state index < -0.39 is 12.1 Å². The van der Waals surface area contributed by atoms with Crippen molar-refractivity contribution >= 4 is 5.97 Å². The second-order valence-corrected chi connectivity index (χ2v) is 7.51. The van der Waals surface area contributed by atoms with Crippen molar-refractivity contribution in [3.63, 3.8) is 0 Å². The van der Waals surface area contributed by atoms with Gasteiger partial charge in [0.2, 0.25) is 0 Å². The van der Waals surface area contributed by atoms with Crippen LogP contribution in [0.1, 0.15) is 36.2 Å². The van der Waals surface area contributed by atoms with Crippen LogP contribution in [0.2, 0.25) is 0 Å². The number of benzene rings is 1. The number of rotatable bonds is 4. The fraction of sp³-hybridized carbons (Fsp3) is 0.550. The molecule has 0 saturated carbocycles. The fourth-order valence-electron chi connectivity index (χ4n) is 3.73. The van der Waals surface area contributed by atoms with Crippen molar-refractivity contribution in [1.82, 2.24) is 15.0 Å². The molecule has 2 saturated heterocycles. The molecule has 3 atom stereocenters. The van der Waals surface area contributed by atoms with Crippen LogP contribution in [0.15, 0.2) is 28.8 Å². The number of aryl methyl sites for hydroxylation is 1. The van der Waals surface area contributed by atoms with Gasteiger partial charge in [0.25, 0.3) is 5.89 Å². The Morgan fingerprint density at radius 1 is 1.32 bits per heavy atom. The molecule has 11 heteroatoms. The summed E-state index contributed by atoms with van der Waals surface area (Å²) in [6.45, 7) is 4.85. The topological polar surface area (TPSA) is 97.9 Å². The van der Waals surface area contributed by atoms with Crippen LogP contribution < -0.4 is 4.74 Å². The van der Waals surface area contributed by atoms with Gasteiger partial charge in [0, 0.05) is 13.1 Å². The van der Waals surface area contributed by atoms with Crippen LogP contribution in [0.25, 0.3) is 0 Å². The van der Waals surface area contributed by atoms with E-state index in [2.05, 4.69) is 27.2 Å². The highest BCUT2D eigenvalue weighted by Crippen LogP contribution is 2.40. The number of methoxy groups -OCH3 is 1. The van der Waals surface area contributed by atoms with Crippen LogP contribution >= 0.6 is 0 Å². The summed E-state index contributed by atoms with van der Waals surface area (Å²) < 4.78 is 48.5. The van der Waals surface area contributed by atoms with Crippen molar-refractivity contribution in [3.8, 4) is 5.75 Å². The minimum absolute atomic E-state index is 0.0397. The standard InChI is InChI=1S/C18H23N3O3.C2HF3O2/c1-12-19-18(24-20-12)16-9-14-7-8-21(11-17(14)23-16)10-13-3-5-15(22-2)6-4-13;3-2(4,5)1(6)7/h3-6,14,16-17H,7-11H2,1-2H3;(H,6,7)/t14-,16-,17+;/m0./s1. The fourth-order valence-corrected chi connectivity index (χ4v) is 3.73. The number of alkyl halides is 3. The first-order valence-corrected chi connectivity index (χ1v) is 9.76. The zero-order chi connectivity index (χ0) is 22.6. The minimum Gasteiger partial charge on any atom is -0.497 e. The lowest BCUT2D eigenvalue weighted by Gasteiger charge is -2.34. The Bertz CT molecular complexity index is 872. The molecule has 2 aliphatic rings. The molecule has 2 fully saturated rings. The van der Waals surface area contributed by atoms with Crippen molar-refractivity contribution in [2.24, 2.45) is 5.92 Å². The third-order valence-corrected chi connectivity index (χ3v) is 5.26. The van der Waals surface area contributed by atoms with E-state index in [1.165, 1.54) is 5.56 Å². The molecule has 0 aliphatic carbocycles. The Morgan fingerprint density at radius 2 is 2.00 bits per heavy atom. The molecule has 1 N–H and O–H groups in total. The number of likely N-dealkylation sites (tertiary alicyclic amines) is 1. The second-order valence-electron chi connectivity index (χ2n) is 7.51. The normalized spacial score (nSPS) is 23.6. The van der Waals surface area contributed by atoms with Crippen LogP contribution in [0.5, 0.6) is 5.75 Å². The van der Waals surface area contributed by atoms with Gasteiger partial charge in [-0.05, 0) is 49.9 Å². The lowest BCUT2D eigenvalue weighted by molar-refractivity contribution is -0.192. The van der Waals surface area contributed by atoms with Crippen molar-refractivity contribution in [1.29, 1.82) is 0 Å². The molecule has 0 radical (unpaired) electrons. The average molecular weight is 443 g/mol. The lowest BCUT2D eigenvalue weighted by Crippen LogP contribution is -2.41. The van der Waals surface area contributed by atoms with E-state index >= 15 is 0 Å². The van der Waals surface area contributed by atoms with Gasteiger partial charge in [0.1, 0.15) is 11.9 Å². The molecular formula is C20H24F3N3O5. The number of hydrogen-bond acceptors (Lipinski definition) is 7. The summed E-state index contributed by atoms with van der Waals surface area (Å²) >= 11 is 0. The van der Waals surface area contributed by atoms with Gasteiger partial charge in [-0.15, -0.1) is 0 Å². The molecule has 2 aliphatic heterocycles. The Labute approximate surface area is 176 Å². The first kappa shape index (κ1) is 23.0. The summed E-state index contributed by atoms with van der Waals surface area (Å²) in [5.41, 5.74) is 1.30. The molecule has 8 nitrogen and oxygen atoms in total. The molecule has 3 heterocycles.